The van der Waals surface area contributed by atoms with Crippen molar-refractivity contribution in [3.8, 4) is 22.7 Å². The molecule has 0 atom stereocenters. The third-order valence-electron chi connectivity index (χ3n) is 7.01. The highest BCUT2D eigenvalue weighted by molar-refractivity contribution is 5.94. The number of ether oxygens (including phenoxy) is 1. The van der Waals surface area contributed by atoms with Gasteiger partial charge in [-0.25, -0.2) is 4.68 Å². The van der Waals surface area contributed by atoms with Gasteiger partial charge >= 0.3 is 0 Å². The minimum atomic E-state index is 0.00565. The van der Waals surface area contributed by atoms with Gasteiger partial charge < -0.3 is 9.64 Å². The lowest BCUT2D eigenvalue weighted by Crippen LogP contribution is -2.49. The monoisotopic (exact) mass is 506 g/mol. The van der Waals surface area contributed by atoms with E-state index in [-0.39, 0.29) is 5.91 Å². The molecule has 0 spiro atoms. The Bertz CT molecular complexity index is 1430. The predicted molar refractivity (Wildman–Crippen MR) is 153 cm³/mol. The highest BCUT2D eigenvalue weighted by Crippen LogP contribution is 2.27. The van der Waals surface area contributed by atoms with Crippen LogP contribution in [0.1, 0.15) is 27.2 Å². The number of aromatic nitrogens is 2. The zero-order valence-corrected chi connectivity index (χ0v) is 22.3. The van der Waals surface area contributed by atoms with Gasteiger partial charge in [-0.05, 0) is 49.2 Å². The molecule has 0 saturated carbocycles. The maximum atomic E-state index is 13.9. The molecule has 1 aliphatic rings. The molecule has 1 amide bonds. The van der Waals surface area contributed by atoms with Crippen LogP contribution in [0.2, 0.25) is 0 Å². The molecule has 0 N–H and O–H groups in total. The summed E-state index contributed by atoms with van der Waals surface area (Å²) in [5, 5.41) is 4.91. The minimum Gasteiger partial charge on any atom is -0.497 e. The molecule has 6 nitrogen and oxygen atoms in total. The molecule has 0 radical (unpaired) electrons. The average molecular weight is 507 g/mol. The van der Waals surface area contributed by atoms with Crippen LogP contribution in [-0.2, 0) is 0 Å². The first-order valence-electron chi connectivity index (χ1n) is 13.1. The lowest BCUT2D eigenvalue weighted by molar-refractivity contribution is 0.0641. The second kappa shape index (κ2) is 11.5. The van der Waals surface area contributed by atoms with Gasteiger partial charge in [0.25, 0.3) is 5.91 Å². The smallest absolute Gasteiger partial charge is 0.272 e. The van der Waals surface area contributed by atoms with E-state index in [9.17, 15) is 4.79 Å². The lowest BCUT2D eigenvalue weighted by atomic mass is 10.1. The number of benzene rings is 3. The average Bonchev–Trinajstić information content (AvgIpc) is 3.39. The molecule has 2 heterocycles. The molecule has 5 rings (SSSR count). The van der Waals surface area contributed by atoms with E-state index in [1.807, 2.05) is 59.5 Å². The topological polar surface area (TPSA) is 50.6 Å². The zero-order valence-electron chi connectivity index (χ0n) is 22.3. The first-order valence-corrected chi connectivity index (χ1v) is 13.1. The Kier molecular flexibility index (Phi) is 7.70. The largest absolute Gasteiger partial charge is 0.497 e. The van der Waals surface area contributed by atoms with Crippen LogP contribution >= 0.6 is 0 Å². The Balaban J connectivity index is 1.36. The van der Waals surface area contributed by atoms with Crippen LogP contribution < -0.4 is 4.74 Å². The van der Waals surface area contributed by atoms with Crippen LogP contribution in [0, 0.1) is 13.8 Å². The molecule has 1 saturated heterocycles. The number of methoxy groups -OCH3 is 1. The summed E-state index contributed by atoms with van der Waals surface area (Å²) in [6.07, 6.45) is 4.35. The molecular weight excluding hydrogens is 472 g/mol. The Labute approximate surface area is 224 Å². The minimum absolute atomic E-state index is 0.00565. The maximum absolute atomic E-state index is 13.9. The molecule has 0 bridgehead atoms. The third-order valence-corrected chi connectivity index (χ3v) is 7.01. The van der Waals surface area contributed by atoms with Gasteiger partial charge in [0.2, 0.25) is 0 Å². The van der Waals surface area contributed by atoms with Gasteiger partial charge in [-0.1, -0.05) is 72.3 Å². The summed E-state index contributed by atoms with van der Waals surface area (Å²) in [6.45, 7) is 8.05. The van der Waals surface area contributed by atoms with E-state index in [0.717, 1.165) is 47.9 Å². The van der Waals surface area contributed by atoms with Crippen molar-refractivity contribution < 1.29 is 9.53 Å². The van der Waals surface area contributed by atoms with Crippen molar-refractivity contribution in [2.75, 3.05) is 39.8 Å². The summed E-state index contributed by atoms with van der Waals surface area (Å²) in [6, 6.07) is 26.3. The molecule has 1 aliphatic heterocycles. The van der Waals surface area contributed by atoms with Gasteiger partial charge in [0, 0.05) is 38.3 Å². The Morgan fingerprint density at radius 1 is 0.921 bits per heavy atom. The molecule has 3 aromatic carbocycles. The first-order chi connectivity index (χ1) is 18.5. The molecule has 1 aromatic heterocycles. The summed E-state index contributed by atoms with van der Waals surface area (Å²) in [7, 11) is 1.65. The van der Waals surface area contributed by atoms with Crippen molar-refractivity contribution in [1.82, 2.24) is 19.6 Å². The van der Waals surface area contributed by atoms with Crippen LogP contribution in [0.3, 0.4) is 0 Å². The van der Waals surface area contributed by atoms with E-state index >= 15 is 0 Å². The second-order valence-corrected chi connectivity index (χ2v) is 9.75. The SMILES string of the molecule is COc1cccc(-c2cc(C(=O)N3CCN(C/C=C/c4ccccc4)CC3)n(-c3ccc(C)cc3C)n2)c1. The molecule has 0 unspecified atom stereocenters. The van der Waals surface area contributed by atoms with Crippen LogP contribution in [0.15, 0.2) is 84.9 Å². The van der Waals surface area contributed by atoms with Crippen molar-refractivity contribution in [3.05, 3.63) is 107 Å². The maximum Gasteiger partial charge on any atom is 0.272 e. The van der Waals surface area contributed by atoms with Crippen LogP contribution in [0.4, 0.5) is 0 Å². The Morgan fingerprint density at radius 2 is 1.71 bits per heavy atom. The molecule has 6 heteroatoms. The Morgan fingerprint density at radius 3 is 2.45 bits per heavy atom. The molecule has 194 valence electrons. The number of piperazine rings is 1. The number of amides is 1. The van der Waals surface area contributed by atoms with Gasteiger partial charge in [-0.3, -0.25) is 9.69 Å². The van der Waals surface area contributed by atoms with E-state index in [2.05, 4.69) is 55.2 Å². The van der Waals surface area contributed by atoms with E-state index in [1.54, 1.807) is 11.8 Å². The van der Waals surface area contributed by atoms with Gasteiger partial charge in [0.15, 0.2) is 0 Å². The van der Waals surface area contributed by atoms with Gasteiger partial charge in [-0.2, -0.15) is 5.10 Å². The van der Waals surface area contributed by atoms with Gasteiger partial charge in [0.1, 0.15) is 11.4 Å². The normalized spacial score (nSPS) is 14.2. The van der Waals surface area contributed by atoms with Gasteiger partial charge in [0.05, 0.1) is 18.5 Å². The zero-order chi connectivity index (χ0) is 26.5. The highest BCUT2D eigenvalue weighted by Gasteiger charge is 2.26. The van der Waals surface area contributed by atoms with E-state index < -0.39 is 0 Å². The second-order valence-electron chi connectivity index (χ2n) is 9.75. The van der Waals surface area contributed by atoms with Crippen LogP contribution in [0.5, 0.6) is 5.75 Å². The fourth-order valence-electron chi connectivity index (χ4n) is 4.88. The van der Waals surface area contributed by atoms with Crippen molar-refractivity contribution in [1.29, 1.82) is 0 Å². The quantitative estimate of drug-likeness (QED) is 0.326. The number of carbonyl (C=O) groups is 1. The van der Waals surface area contributed by atoms with E-state index in [0.29, 0.717) is 18.8 Å². The summed E-state index contributed by atoms with van der Waals surface area (Å²) >= 11 is 0. The fourth-order valence-corrected chi connectivity index (χ4v) is 4.88. The highest BCUT2D eigenvalue weighted by atomic mass is 16.5. The Hall–Kier alpha value is -4.16. The number of aryl methyl sites for hydroxylation is 2. The summed E-state index contributed by atoms with van der Waals surface area (Å²) < 4.78 is 7.22. The summed E-state index contributed by atoms with van der Waals surface area (Å²) in [4.78, 5) is 18.2. The van der Waals surface area contributed by atoms with Crippen molar-refractivity contribution in [3.63, 3.8) is 0 Å². The first kappa shape index (κ1) is 25.5. The van der Waals surface area contributed by atoms with Gasteiger partial charge in [-0.15, -0.1) is 0 Å². The summed E-state index contributed by atoms with van der Waals surface area (Å²) in [5.41, 5.74) is 6.61. The predicted octanol–water partition coefficient (Wildman–Crippen LogP) is 5.64. The third kappa shape index (κ3) is 5.71. The number of nitrogens with zero attached hydrogens (tertiary/aromatic N) is 4. The number of rotatable bonds is 7. The van der Waals surface area contributed by atoms with Crippen molar-refractivity contribution in [2.45, 2.75) is 13.8 Å². The number of carbonyl (C=O) groups excluding carboxylic acids is 1. The lowest BCUT2D eigenvalue weighted by Gasteiger charge is -2.34. The van der Waals surface area contributed by atoms with E-state index in [1.165, 1.54) is 11.1 Å². The molecule has 4 aromatic rings. The molecule has 1 fully saturated rings. The standard InChI is InChI=1S/C32H34N4O2/c1-24-14-15-30(25(2)21-24)36-31(23-29(33-36)27-12-7-13-28(22-27)38-3)32(37)35-19-17-34(18-20-35)16-8-11-26-9-5-4-6-10-26/h4-15,21-23H,16-20H2,1-3H3/b11-8+. The van der Waals surface area contributed by atoms with Crippen LogP contribution in [-0.4, -0.2) is 65.3 Å². The number of hydrogen-bond acceptors (Lipinski definition) is 4. The van der Waals surface area contributed by atoms with Crippen molar-refractivity contribution >= 4 is 12.0 Å². The van der Waals surface area contributed by atoms with Crippen molar-refractivity contribution in [2.24, 2.45) is 0 Å². The molecule has 38 heavy (non-hydrogen) atoms. The summed E-state index contributed by atoms with van der Waals surface area (Å²) in [5.74, 6) is 0.764. The number of hydrogen-bond donors (Lipinski definition) is 0. The fraction of sp³-hybridized carbons (Fsp3) is 0.250. The molecule has 0 aliphatic carbocycles. The van der Waals surface area contributed by atoms with Crippen LogP contribution in [0.25, 0.3) is 23.0 Å². The van der Waals surface area contributed by atoms with E-state index in [4.69, 9.17) is 9.84 Å². The molecular formula is C32H34N4O2.